The maximum absolute atomic E-state index is 12.3. The van der Waals surface area contributed by atoms with E-state index < -0.39 is 12.1 Å². The van der Waals surface area contributed by atoms with Crippen LogP contribution in [0.25, 0.3) is 0 Å². The Morgan fingerprint density at radius 3 is 1.31 bits per heavy atom. The second-order valence-corrected chi connectivity index (χ2v) is 13.0. The van der Waals surface area contributed by atoms with Crippen molar-refractivity contribution in [1.29, 1.82) is 0 Å². The molecule has 0 rings (SSSR count). The summed E-state index contributed by atoms with van der Waals surface area (Å²) >= 11 is 0. The molecular formula is C38H75NO3. The molecule has 0 aliphatic heterocycles. The fourth-order valence-corrected chi connectivity index (χ4v) is 5.82. The monoisotopic (exact) mass is 594 g/mol. The van der Waals surface area contributed by atoms with E-state index in [1.54, 1.807) is 0 Å². The molecule has 0 fully saturated rings. The molecule has 4 heteroatoms. The largest absolute Gasteiger partial charge is 0.394 e. The third-order valence-electron chi connectivity index (χ3n) is 8.78. The number of hydrogen-bond donors (Lipinski definition) is 3. The summed E-state index contributed by atoms with van der Waals surface area (Å²) in [6.45, 7) is 4.35. The first-order valence-corrected chi connectivity index (χ1v) is 18.9. The number of nitrogens with one attached hydrogen (secondary N) is 1. The molecule has 0 aliphatic rings. The fourth-order valence-electron chi connectivity index (χ4n) is 5.82. The quantitative estimate of drug-likeness (QED) is 0.0513. The third kappa shape index (κ3) is 30.6. The van der Waals surface area contributed by atoms with E-state index in [4.69, 9.17) is 0 Å². The van der Waals surface area contributed by atoms with Crippen LogP contribution < -0.4 is 5.32 Å². The predicted octanol–water partition coefficient (Wildman–Crippen LogP) is 11.1. The van der Waals surface area contributed by atoms with Crippen LogP contribution in [-0.4, -0.2) is 34.9 Å². The maximum atomic E-state index is 12.3. The number of allylic oxidation sites excluding steroid dienone is 2. The number of aliphatic hydroxyl groups is 2. The van der Waals surface area contributed by atoms with E-state index in [1.165, 1.54) is 154 Å². The first kappa shape index (κ1) is 41.1. The molecule has 3 N–H and O–H groups in total. The second kappa shape index (κ2) is 34.6. The molecule has 4 nitrogen and oxygen atoms in total. The van der Waals surface area contributed by atoms with Gasteiger partial charge in [0.05, 0.1) is 18.8 Å². The van der Waals surface area contributed by atoms with Gasteiger partial charge in [0.2, 0.25) is 5.91 Å². The summed E-state index contributed by atoms with van der Waals surface area (Å²) in [5.41, 5.74) is 0. The lowest BCUT2D eigenvalue weighted by molar-refractivity contribution is -0.123. The van der Waals surface area contributed by atoms with E-state index in [1.807, 2.05) is 0 Å². The lowest BCUT2D eigenvalue weighted by Gasteiger charge is -2.22. The number of aliphatic hydroxyl groups excluding tert-OH is 2. The van der Waals surface area contributed by atoms with Gasteiger partial charge in [-0.05, 0) is 38.5 Å². The van der Waals surface area contributed by atoms with Crippen LogP contribution in [0.3, 0.4) is 0 Å². The molecule has 0 saturated carbocycles. The first-order valence-electron chi connectivity index (χ1n) is 18.9. The summed E-state index contributed by atoms with van der Waals surface area (Å²) in [5.74, 6) is -0.0359. The zero-order valence-electron chi connectivity index (χ0n) is 28.5. The molecule has 2 atom stereocenters. The summed E-state index contributed by atoms with van der Waals surface area (Å²) in [6, 6.07) is -0.533. The Balaban J connectivity index is 3.55. The summed E-state index contributed by atoms with van der Waals surface area (Å²) in [6.07, 6.45) is 41.2. The standard InChI is InChI=1S/C38H75NO3/c1-3-5-7-9-11-13-15-17-18-19-20-22-24-26-28-30-32-34-38(42)39-36(35-40)37(41)33-31-29-27-25-23-21-16-14-12-10-8-6-4-2/h17-18,36-37,40-41H,3-16,19-35H2,1-2H3,(H,39,42)/b18-17-/t36-,37+/m0/s1. The van der Waals surface area contributed by atoms with E-state index in [-0.39, 0.29) is 12.5 Å². The van der Waals surface area contributed by atoms with Crippen molar-refractivity contribution in [1.82, 2.24) is 5.32 Å². The molecule has 0 saturated heterocycles. The van der Waals surface area contributed by atoms with Crippen molar-refractivity contribution in [2.45, 2.75) is 219 Å². The Kier molecular flexibility index (Phi) is 33.9. The molecule has 250 valence electrons. The van der Waals surface area contributed by atoms with E-state index in [0.717, 1.165) is 25.7 Å². The van der Waals surface area contributed by atoms with Crippen LogP contribution in [-0.2, 0) is 4.79 Å². The highest BCUT2D eigenvalue weighted by Gasteiger charge is 2.19. The third-order valence-corrected chi connectivity index (χ3v) is 8.78. The minimum atomic E-state index is -0.656. The van der Waals surface area contributed by atoms with Gasteiger partial charge >= 0.3 is 0 Å². The van der Waals surface area contributed by atoms with Crippen molar-refractivity contribution >= 4 is 5.91 Å². The zero-order chi connectivity index (χ0) is 30.8. The van der Waals surface area contributed by atoms with Crippen LogP contribution >= 0.6 is 0 Å². The molecule has 1 amide bonds. The van der Waals surface area contributed by atoms with Gasteiger partial charge in [0.25, 0.3) is 0 Å². The van der Waals surface area contributed by atoms with Crippen molar-refractivity contribution < 1.29 is 15.0 Å². The topological polar surface area (TPSA) is 69.6 Å². The van der Waals surface area contributed by atoms with Crippen molar-refractivity contribution in [3.63, 3.8) is 0 Å². The summed E-state index contributed by atoms with van der Waals surface area (Å²) in [5, 5.41) is 23.0. The molecule has 0 radical (unpaired) electrons. The van der Waals surface area contributed by atoms with Crippen molar-refractivity contribution in [2.24, 2.45) is 0 Å². The Bertz CT molecular complexity index is 565. The number of amides is 1. The number of carbonyl (C=O) groups excluding carboxylic acids is 1. The number of hydrogen-bond acceptors (Lipinski definition) is 3. The molecule has 0 aromatic carbocycles. The Hall–Kier alpha value is -0.870. The molecule has 0 bridgehead atoms. The summed E-state index contributed by atoms with van der Waals surface area (Å²) in [4.78, 5) is 12.3. The van der Waals surface area contributed by atoms with Crippen LogP contribution in [0.1, 0.15) is 206 Å². The molecule has 0 aromatic rings. The van der Waals surface area contributed by atoms with Gasteiger partial charge in [-0.2, -0.15) is 0 Å². The molecule has 0 aromatic heterocycles. The van der Waals surface area contributed by atoms with E-state index in [2.05, 4.69) is 31.3 Å². The average Bonchev–Trinajstić information content (AvgIpc) is 2.99. The molecular weight excluding hydrogens is 518 g/mol. The van der Waals surface area contributed by atoms with Crippen LogP contribution in [0.2, 0.25) is 0 Å². The van der Waals surface area contributed by atoms with Crippen LogP contribution in [0.5, 0.6) is 0 Å². The Morgan fingerprint density at radius 2 is 0.905 bits per heavy atom. The summed E-state index contributed by atoms with van der Waals surface area (Å²) in [7, 11) is 0. The second-order valence-electron chi connectivity index (χ2n) is 13.0. The van der Waals surface area contributed by atoms with Crippen LogP contribution in [0.4, 0.5) is 0 Å². The van der Waals surface area contributed by atoms with Crippen molar-refractivity contribution in [3.05, 3.63) is 12.2 Å². The predicted molar refractivity (Wildman–Crippen MR) is 184 cm³/mol. The molecule has 0 aliphatic carbocycles. The van der Waals surface area contributed by atoms with Crippen molar-refractivity contribution in [2.75, 3.05) is 6.61 Å². The van der Waals surface area contributed by atoms with Gasteiger partial charge in [-0.15, -0.1) is 0 Å². The lowest BCUT2D eigenvalue weighted by atomic mass is 10.0. The van der Waals surface area contributed by atoms with Gasteiger partial charge in [0.15, 0.2) is 0 Å². The number of unbranched alkanes of at least 4 members (excludes halogenated alkanes) is 25. The highest BCUT2D eigenvalue weighted by Crippen LogP contribution is 2.15. The van der Waals surface area contributed by atoms with Crippen molar-refractivity contribution in [3.8, 4) is 0 Å². The molecule has 0 heterocycles. The van der Waals surface area contributed by atoms with Gasteiger partial charge in [0.1, 0.15) is 0 Å². The minimum absolute atomic E-state index is 0.0359. The number of rotatable bonds is 34. The lowest BCUT2D eigenvalue weighted by Crippen LogP contribution is -2.45. The number of carbonyl (C=O) groups is 1. The smallest absolute Gasteiger partial charge is 0.220 e. The first-order chi connectivity index (χ1) is 20.7. The van der Waals surface area contributed by atoms with Gasteiger partial charge in [-0.1, -0.05) is 174 Å². The Labute approximate surface area is 263 Å². The average molecular weight is 594 g/mol. The highest BCUT2D eigenvalue weighted by atomic mass is 16.3. The zero-order valence-corrected chi connectivity index (χ0v) is 28.5. The SMILES string of the molecule is CCCCCCCC/C=C\CCCCCCCCCC(=O)N[C@@H](CO)[C@H](O)CCCCCCCCCCCCCCC. The van der Waals surface area contributed by atoms with Gasteiger partial charge in [-0.3, -0.25) is 4.79 Å². The van der Waals surface area contributed by atoms with Gasteiger partial charge in [-0.25, -0.2) is 0 Å². The molecule has 42 heavy (non-hydrogen) atoms. The van der Waals surface area contributed by atoms with E-state index in [0.29, 0.717) is 12.8 Å². The van der Waals surface area contributed by atoms with Crippen LogP contribution in [0, 0.1) is 0 Å². The fraction of sp³-hybridized carbons (Fsp3) is 0.921. The normalized spacial score (nSPS) is 13.1. The van der Waals surface area contributed by atoms with Crippen LogP contribution in [0.15, 0.2) is 12.2 Å². The summed E-state index contributed by atoms with van der Waals surface area (Å²) < 4.78 is 0. The highest BCUT2D eigenvalue weighted by molar-refractivity contribution is 5.76. The van der Waals surface area contributed by atoms with Gasteiger partial charge < -0.3 is 15.5 Å². The van der Waals surface area contributed by atoms with E-state index in [9.17, 15) is 15.0 Å². The Morgan fingerprint density at radius 1 is 0.548 bits per heavy atom. The van der Waals surface area contributed by atoms with Gasteiger partial charge in [0, 0.05) is 6.42 Å². The van der Waals surface area contributed by atoms with E-state index >= 15 is 0 Å². The maximum Gasteiger partial charge on any atom is 0.220 e. The molecule has 0 spiro atoms. The minimum Gasteiger partial charge on any atom is -0.394 e. The molecule has 0 unspecified atom stereocenters.